The van der Waals surface area contributed by atoms with Crippen molar-refractivity contribution in [2.24, 2.45) is 11.8 Å². The van der Waals surface area contributed by atoms with E-state index in [0.717, 1.165) is 11.8 Å². The van der Waals surface area contributed by atoms with Crippen LogP contribution in [0.15, 0.2) is 0 Å². The third kappa shape index (κ3) is 2.95. The molecule has 0 aromatic heterocycles. The van der Waals surface area contributed by atoms with E-state index < -0.39 is 0 Å². The van der Waals surface area contributed by atoms with Gasteiger partial charge >= 0.3 is 0 Å². The van der Waals surface area contributed by atoms with Gasteiger partial charge in [0, 0.05) is 5.54 Å². The van der Waals surface area contributed by atoms with Gasteiger partial charge in [-0.3, -0.25) is 0 Å². The van der Waals surface area contributed by atoms with E-state index in [4.69, 9.17) is 0 Å². The lowest BCUT2D eigenvalue weighted by atomic mass is 9.79. The van der Waals surface area contributed by atoms with Gasteiger partial charge in [-0.25, -0.2) is 0 Å². The first-order valence-corrected chi connectivity index (χ1v) is 8.21. The van der Waals surface area contributed by atoms with Crippen LogP contribution in [0, 0.1) is 11.8 Å². The minimum atomic E-state index is 0.488. The highest BCUT2D eigenvalue weighted by molar-refractivity contribution is 7.99. The summed E-state index contributed by atoms with van der Waals surface area (Å²) in [5.41, 5.74) is 0.488. The van der Waals surface area contributed by atoms with E-state index in [1.165, 1.54) is 56.6 Å². The Morgan fingerprint density at radius 2 is 2.25 bits per heavy atom. The number of hydrogen-bond acceptors (Lipinski definition) is 2. The summed E-state index contributed by atoms with van der Waals surface area (Å²) >= 11 is 2.17. The molecule has 0 radical (unpaired) electrons. The predicted molar refractivity (Wildman–Crippen MR) is 74.1 cm³/mol. The van der Waals surface area contributed by atoms with Gasteiger partial charge in [0.25, 0.3) is 0 Å². The zero-order valence-electron chi connectivity index (χ0n) is 10.9. The summed E-state index contributed by atoms with van der Waals surface area (Å²) < 4.78 is 0. The number of hydrogen-bond donors (Lipinski definition) is 1. The van der Waals surface area contributed by atoms with Crippen LogP contribution in [0.5, 0.6) is 0 Å². The fourth-order valence-corrected chi connectivity index (χ4v) is 4.53. The maximum atomic E-state index is 3.80. The van der Waals surface area contributed by atoms with E-state index in [1.54, 1.807) is 0 Å². The molecule has 2 heteroatoms. The lowest BCUT2D eigenvalue weighted by molar-refractivity contribution is 0.231. The molecule has 1 N–H and O–H groups in total. The molecule has 0 amide bonds. The van der Waals surface area contributed by atoms with E-state index in [2.05, 4.69) is 30.9 Å². The fourth-order valence-electron chi connectivity index (χ4n) is 3.32. The second-order valence-corrected chi connectivity index (χ2v) is 7.11. The van der Waals surface area contributed by atoms with Gasteiger partial charge in [-0.15, -0.1) is 0 Å². The Bertz CT molecular complexity index is 203. The van der Waals surface area contributed by atoms with Crippen molar-refractivity contribution in [3.05, 3.63) is 0 Å². The second kappa shape index (κ2) is 5.77. The Morgan fingerprint density at radius 3 is 2.81 bits per heavy atom. The van der Waals surface area contributed by atoms with Crippen molar-refractivity contribution in [2.45, 2.75) is 57.9 Å². The molecule has 0 aliphatic carbocycles. The average Bonchev–Trinajstić information content (AvgIpc) is 2.78. The summed E-state index contributed by atoms with van der Waals surface area (Å²) in [5, 5.41) is 3.80. The zero-order chi connectivity index (χ0) is 11.4. The fraction of sp³-hybridized carbons (Fsp3) is 1.00. The summed E-state index contributed by atoms with van der Waals surface area (Å²) in [6.45, 7) is 6.04. The molecule has 0 saturated carbocycles. The third-order valence-corrected chi connectivity index (χ3v) is 5.92. The standard InChI is InChI=1S/C14H27NS/c1-12(2)14(7-4-9-15-14)8-6-13-5-3-10-16-11-13/h12-13,15H,3-11H2,1-2H3. The van der Waals surface area contributed by atoms with Crippen molar-refractivity contribution >= 4 is 11.8 Å². The van der Waals surface area contributed by atoms with Gasteiger partial charge in [-0.1, -0.05) is 13.8 Å². The van der Waals surface area contributed by atoms with E-state index in [-0.39, 0.29) is 0 Å². The summed E-state index contributed by atoms with van der Waals surface area (Å²) in [7, 11) is 0. The molecular weight excluding hydrogens is 214 g/mol. The number of thioether (sulfide) groups is 1. The summed E-state index contributed by atoms with van der Waals surface area (Å²) in [6.07, 6.45) is 8.61. The normalized spacial score (nSPS) is 35.8. The highest BCUT2D eigenvalue weighted by atomic mass is 32.2. The van der Waals surface area contributed by atoms with Crippen LogP contribution in [0.3, 0.4) is 0 Å². The molecule has 2 unspecified atom stereocenters. The summed E-state index contributed by atoms with van der Waals surface area (Å²) in [5.74, 6) is 4.64. The molecule has 2 saturated heterocycles. The summed E-state index contributed by atoms with van der Waals surface area (Å²) in [6, 6.07) is 0. The zero-order valence-corrected chi connectivity index (χ0v) is 11.7. The Labute approximate surface area is 105 Å². The van der Waals surface area contributed by atoms with Crippen molar-refractivity contribution in [1.29, 1.82) is 0 Å². The van der Waals surface area contributed by atoms with Gasteiger partial charge < -0.3 is 5.32 Å². The van der Waals surface area contributed by atoms with Gasteiger partial charge in [0.1, 0.15) is 0 Å². The van der Waals surface area contributed by atoms with Crippen LogP contribution in [0.2, 0.25) is 0 Å². The third-order valence-electron chi connectivity index (χ3n) is 4.64. The lowest BCUT2D eigenvalue weighted by Gasteiger charge is -2.36. The number of nitrogens with one attached hydrogen (secondary N) is 1. The Morgan fingerprint density at radius 1 is 1.38 bits per heavy atom. The molecule has 0 aromatic carbocycles. The SMILES string of the molecule is CC(C)C1(CCC2CCCSC2)CCCN1. The van der Waals surface area contributed by atoms with Gasteiger partial charge in [0.2, 0.25) is 0 Å². The monoisotopic (exact) mass is 241 g/mol. The maximum Gasteiger partial charge on any atom is 0.0205 e. The highest BCUT2D eigenvalue weighted by Crippen LogP contribution is 2.35. The van der Waals surface area contributed by atoms with Crippen molar-refractivity contribution in [2.75, 3.05) is 18.1 Å². The van der Waals surface area contributed by atoms with Crippen LogP contribution in [-0.2, 0) is 0 Å². The molecular formula is C14H27NS. The molecule has 2 heterocycles. The van der Waals surface area contributed by atoms with E-state index in [9.17, 15) is 0 Å². The van der Waals surface area contributed by atoms with Gasteiger partial charge in [-0.05, 0) is 68.4 Å². The maximum absolute atomic E-state index is 3.80. The number of rotatable bonds is 4. The second-order valence-electron chi connectivity index (χ2n) is 5.96. The Hall–Kier alpha value is 0.310. The molecule has 94 valence electrons. The van der Waals surface area contributed by atoms with Gasteiger partial charge in [0.05, 0.1) is 0 Å². The van der Waals surface area contributed by atoms with Gasteiger partial charge in [0.15, 0.2) is 0 Å². The summed E-state index contributed by atoms with van der Waals surface area (Å²) in [4.78, 5) is 0. The minimum absolute atomic E-state index is 0.488. The van der Waals surface area contributed by atoms with E-state index in [0.29, 0.717) is 5.54 Å². The Kier molecular flexibility index (Phi) is 4.60. The molecule has 2 fully saturated rings. The molecule has 1 nitrogen and oxygen atoms in total. The van der Waals surface area contributed by atoms with E-state index >= 15 is 0 Å². The first-order chi connectivity index (χ1) is 7.73. The minimum Gasteiger partial charge on any atom is -0.311 e. The Balaban J connectivity index is 1.81. The van der Waals surface area contributed by atoms with Crippen molar-refractivity contribution in [3.63, 3.8) is 0 Å². The largest absolute Gasteiger partial charge is 0.311 e. The van der Waals surface area contributed by atoms with Crippen LogP contribution in [0.1, 0.15) is 52.4 Å². The van der Waals surface area contributed by atoms with E-state index in [1.807, 2.05) is 0 Å². The van der Waals surface area contributed by atoms with Gasteiger partial charge in [-0.2, -0.15) is 11.8 Å². The lowest BCUT2D eigenvalue weighted by Crippen LogP contribution is -2.45. The highest BCUT2D eigenvalue weighted by Gasteiger charge is 2.36. The van der Waals surface area contributed by atoms with Crippen molar-refractivity contribution in [3.8, 4) is 0 Å². The van der Waals surface area contributed by atoms with Crippen LogP contribution in [0.25, 0.3) is 0 Å². The molecule has 2 aliphatic heterocycles. The quantitative estimate of drug-likeness (QED) is 0.805. The van der Waals surface area contributed by atoms with Crippen molar-refractivity contribution < 1.29 is 0 Å². The van der Waals surface area contributed by atoms with Crippen LogP contribution in [-0.4, -0.2) is 23.6 Å². The first kappa shape index (κ1) is 12.8. The molecule has 0 spiro atoms. The topological polar surface area (TPSA) is 12.0 Å². The predicted octanol–water partition coefficient (Wildman–Crippen LogP) is 3.69. The molecule has 2 aliphatic rings. The van der Waals surface area contributed by atoms with Crippen LogP contribution in [0.4, 0.5) is 0 Å². The van der Waals surface area contributed by atoms with Crippen LogP contribution < -0.4 is 5.32 Å². The molecule has 2 rings (SSSR count). The molecule has 16 heavy (non-hydrogen) atoms. The van der Waals surface area contributed by atoms with Crippen LogP contribution >= 0.6 is 11.8 Å². The molecule has 0 aromatic rings. The van der Waals surface area contributed by atoms with Crippen molar-refractivity contribution in [1.82, 2.24) is 5.32 Å². The average molecular weight is 241 g/mol. The molecule has 0 bridgehead atoms. The smallest absolute Gasteiger partial charge is 0.0205 e. The molecule has 2 atom stereocenters. The first-order valence-electron chi connectivity index (χ1n) is 7.06.